The van der Waals surface area contributed by atoms with Crippen LogP contribution in [0.15, 0.2) is 30.9 Å². The number of rotatable bonds is 6. The van der Waals surface area contributed by atoms with E-state index in [1.165, 1.54) is 6.08 Å². The summed E-state index contributed by atoms with van der Waals surface area (Å²) in [6.45, 7) is 2.63. The zero-order valence-corrected chi connectivity index (χ0v) is 13.6. The lowest BCUT2D eigenvalue weighted by molar-refractivity contribution is -0.137. The van der Waals surface area contributed by atoms with Crippen molar-refractivity contribution in [1.29, 1.82) is 0 Å². The van der Waals surface area contributed by atoms with Crippen LogP contribution in [0.3, 0.4) is 0 Å². The molecule has 0 heterocycles. The number of anilines is 1. The van der Waals surface area contributed by atoms with E-state index in [9.17, 15) is 26.4 Å². The Morgan fingerprint density at radius 1 is 1.43 bits per heavy atom. The summed E-state index contributed by atoms with van der Waals surface area (Å²) in [6.07, 6.45) is -2.77. The van der Waals surface area contributed by atoms with E-state index >= 15 is 0 Å². The van der Waals surface area contributed by atoms with Gasteiger partial charge in [0.05, 0.1) is 17.5 Å². The minimum absolute atomic E-state index is 0.0587. The SMILES string of the molecule is C=CCNC(=O)CN(c1ccc(Cl)cc1C(F)(F)F)S(C)(=O)=O. The lowest BCUT2D eigenvalue weighted by atomic mass is 10.1. The molecule has 1 aromatic carbocycles. The molecular weight excluding hydrogens is 357 g/mol. The Morgan fingerprint density at radius 2 is 2.04 bits per heavy atom. The summed E-state index contributed by atoms with van der Waals surface area (Å²) in [7, 11) is -4.13. The van der Waals surface area contributed by atoms with Crippen LogP contribution in [0.1, 0.15) is 5.56 Å². The third-order valence-corrected chi connectivity index (χ3v) is 4.03. The normalized spacial score (nSPS) is 11.9. The second-order valence-electron chi connectivity index (χ2n) is 4.52. The third kappa shape index (κ3) is 5.43. The van der Waals surface area contributed by atoms with Gasteiger partial charge in [-0.2, -0.15) is 13.2 Å². The Labute approximate surface area is 136 Å². The summed E-state index contributed by atoms with van der Waals surface area (Å²) in [5, 5.41) is 2.10. The maximum Gasteiger partial charge on any atom is 0.418 e. The van der Waals surface area contributed by atoms with Gasteiger partial charge in [-0.15, -0.1) is 6.58 Å². The van der Waals surface area contributed by atoms with Crippen molar-refractivity contribution in [3.63, 3.8) is 0 Å². The maximum absolute atomic E-state index is 13.1. The number of halogens is 4. The van der Waals surface area contributed by atoms with Crippen LogP contribution >= 0.6 is 11.6 Å². The molecule has 1 rings (SSSR count). The fraction of sp³-hybridized carbons (Fsp3) is 0.308. The van der Waals surface area contributed by atoms with Crippen molar-refractivity contribution in [2.24, 2.45) is 0 Å². The number of carbonyl (C=O) groups is 1. The smallest absolute Gasteiger partial charge is 0.351 e. The van der Waals surface area contributed by atoms with Gasteiger partial charge in [-0.05, 0) is 18.2 Å². The van der Waals surface area contributed by atoms with Crippen LogP contribution in [-0.4, -0.2) is 33.7 Å². The van der Waals surface area contributed by atoms with E-state index in [0.717, 1.165) is 12.1 Å². The zero-order chi connectivity index (χ0) is 17.8. The number of alkyl halides is 3. The van der Waals surface area contributed by atoms with Crippen LogP contribution in [-0.2, 0) is 21.0 Å². The number of benzene rings is 1. The molecule has 0 spiro atoms. The first-order valence-corrected chi connectivity index (χ1v) is 8.41. The Balaban J connectivity index is 3.34. The van der Waals surface area contributed by atoms with Crippen molar-refractivity contribution >= 4 is 33.2 Å². The second kappa shape index (κ2) is 7.22. The Morgan fingerprint density at radius 3 is 2.52 bits per heavy atom. The van der Waals surface area contributed by atoms with E-state index in [4.69, 9.17) is 11.6 Å². The van der Waals surface area contributed by atoms with Crippen LogP contribution in [0.25, 0.3) is 0 Å². The van der Waals surface area contributed by atoms with E-state index in [0.29, 0.717) is 16.6 Å². The average Bonchev–Trinajstić information content (AvgIpc) is 2.40. The summed E-state index contributed by atoms with van der Waals surface area (Å²) >= 11 is 5.56. The van der Waals surface area contributed by atoms with Gasteiger partial charge >= 0.3 is 6.18 Å². The van der Waals surface area contributed by atoms with E-state index in [1.54, 1.807) is 0 Å². The molecule has 0 fully saturated rings. The molecule has 0 bridgehead atoms. The topological polar surface area (TPSA) is 66.5 Å². The molecule has 0 radical (unpaired) electrons. The van der Waals surface area contributed by atoms with Crippen LogP contribution in [0.4, 0.5) is 18.9 Å². The van der Waals surface area contributed by atoms with Crippen molar-refractivity contribution in [1.82, 2.24) is 5.32 Å². The Bertz CT molecular complexity index is 705. The van der Waals surface area contributed by atoms with E-state index in [1.807, 2.05) is 0 Å². The monoisotopic (exact) mass is 370 g/mol. The standard InChI is InChI=1S/C13H14ClF3N2O3S/c1-3-6-18-12(20)8-19(23(2,21)22)11-5-4-9(14)7-10(11)13(15,16)17/h3-5,7H,1,6,8H2,2H3,(H,18,20). The lowest BCUT2D eigenvalue weighted by Gasteiger charge is -2.25. The molecule has 0 atom stereocenters. The number of carbonyl (C=O) groups excluding carboxylic acids is 1. The molecular formula is C13H14ClF3N2O3S. The fourth-order valence-electron chi connectivity index (χ4n) is 1.71. The van der Waals surface area contributed by atoms with Crippen molar-refractivity contribution in [2.45, 2.75) is 6.18 Å². The van der Waals surface area contributed by atoms with Gasteiger partial charge in [-0.25, -0.2) is 8.42 Å². The number of sulfonamides is 1. The summed E-state index contributed by atoms with van der Waals surface area (Å²) in [5.41, 5.74) is -1.91. The first-order chi connectivity index (χ1) is 10.5. The average molecular weight is 371 g/mol. The highest BCUT2D eigenvalue weighted by Gasteiger charge is 2.37. The van der Waals surface area contributed by atoms with Crippen molar-refractivity contribution < 1.29 is 26.4 Å². The first-order valence-electron chi connectivity index (χ1n) is 6.19. The Hall–Kier alpha value is -1.74. The van der Waals surface area contributed by atoms with Gasteiger partial charge in [-0.3, -0.25) is 9.10 Å². The van der Waals surface area contributed by atoms with Gasteiger partial charge in [0, 0.05) is 11.6 Å². The van der Waals surface area contributed by atoms with Crippen LogP contribution in [0, 0.1) is 0 Å². The largest absolute Gasteiger partial charge is 0.418 e. The second-order valence-corrected chi connectivity index (χ2v) is 6.86. The lowest BCUT2D eigenvalue weighted by Crippen LogP contribution is -2.41. The summed E-state index contributed by atoms with van der Waals surface area (Å²) in [5.74, 6) is -0.765. The van der Waals surface area contributed by atoms with Gasteiger partial charge in [0.1, 0.15) is 6.54 Å². The van der Waals surface area contributed by atoms with Gasteiger partial charge in [0.2, 0.25) is 15.9 Å². The highest BCUT2D eigenvalue weighted by molar-refractivity contribution is 7.92. The molecule has 128 valence electrons. The maximum atomic E-state index is 13.1. The predicted octanol–water partition coefficient (Wildman–Crippen LogP) is 2.43. The molecule has 0 aliphatic carbocycles. The fourth-order valence-corrected chi connectivity index (χ4v) is 2.75. The number of amides is 1. The molecule has 0 unspecified atom stereocenters. The highest BCUT2D eigenvalue weighted by Crippen LogP contribution is 2.38. The quantitative estimate of drug-likeness (QED) is 0.782. The molecule has 5 nitrogen and oxygen atoms in total. The number of nitrogens with one attached hydrogen (secondary N) is 1. The summed E-state index contributed by atoms with van der Waals surface area (Å²) in [4.78, 5) is 11.7. The molecule has 0 aromatic heterocycles. The predicted molar refractivity (Wildman–Crippen MR) is 81.9 cm³/mol. The van der Waals surface area contributed by atoms with E-state index < -0.39 is 39.9 Å². The zero-order valence-electron chi connectivity index (χ0n) is 12.0. The van der Waals surface area contributed by atoms with Gasteiger partial charge in [-0.1, -0.05) is 17.7 Å². The van der Waals surface area contributed by atoms with Crippen LogP contribution in [0.5, 0.6) is 0 Å². The molecule has 10 heteroatoms. The van der Waals surface area contributed by atoms with Gasteiger partial charge in [0.15, 0.2) is 0 Å². The summed E-state index contributed by atoms with van der Waals surface area (Å²) in [6, 6.07) is 2.63. The number of hydrogen-bond acceptors (Lipinski definition) is 3. The Kier molecular flexibility index (Phi) is 6.06. The van der Waals surface area contributed by atoms with Crippen molar-refractivity contribution in [3.8, 4) is 0 Å². The van der Waals surface area contributed by atoms with Crippen LogP contribution < -0.4 is 9.62 Å². The van der Waals surface area contributed by atoms with Crippen molar-refractivity contribution in [2.75, 3.05) is 23.7 Å². The van der Waals surface area contributed by atoms with E-state index in [2.05, 4.69) is 11.9 Å². The molecule has 1 aromatic rings. The van der Waals surface area contributed by atoms with Crippen LogP contribution in [0.2, 0.25) is 5.02 Å². The minimum Gasteiger partial charge on any atom is -0.351 e. The highest BCUT2D eigenvalue weighted by atomic mass is 35.5. The minimum atomic E-state index is -4.83. The molecule has 0 saturated heterocycles. The number of hydrogen-bond donors (Lipinski definition) is 1. The van der Waals surface area contributed by atoms with Crippen molar-refractivity contribution in [3.05, 3.63) is 41.4 Å². The molecule has 1 N–H and O–H groups in total. The summed E-state index contributed by atoms with van der Waals surface area (Å²) < 4.78 is 63.4. The third-order valence-electron chi connectivity index (χ3n) is 2.66. The molecule has 0 aliphatic heterocycles. The first kappa shape index (κ1) is 19.3. The molecule has 0 aliphatic rings. The van der Waals surface area contributed by atoms with E-state index in [-0.39, 0.29) is 11.6 Å². The number of nitrogens with zero attached hydrogens (tertiary/aromatic N) is 1. The molecule has 0 saturated carbocycles. The molecule has 1 amide bonds. The van der Waals surface area contributed by atoms with Gasteiger partial charge < -0.3 is 5.32 Å². The van der Waals surface area contributed by atoms with Gasteiger partial charge in [0.25, 0.3) is 0 Å². The molecule has 23 heavy (non-hydrogen) atoms.